The lowest BCUT2D eigenvalue weighted by Gasteiger charge is -2.12. The lowest BCUT2D eigenvalue weighted by Crippen LogP contribution is -2.24. The molecule has 0 unspecified atom stereocenters. The van der Waals surface area contributed by atoms with E-state index in [1.165, 1.54) is 6.26 Å². The van der Waals surface area contributed by atoms with Crippen molar-refractivity contribution >= 4 is 15.5 Å². The molecule has 0 saturated heterocycles. The average molecular weight is 427 g/mol. The second-order valence-corrected chi connectivity index (χ2v) is 9.35. The van der Waals surface area contributed by atoms with Crippen LogP contribution in [0.4, 0.5) is 13.2 Å². The summed E-state index contributed by atoms with van der Waals surface area (Å²) < 4.78 is 60.2. The van der Waals surface area contributed by atoms with Crippen LogP contribution in [0.25, 0.3) is 5.78 Å². The Kier molecular flexibility index (Phi) is 5.28. The van der Waals surface area contributed by atoms with Gasteiger partial charge in [-0.3, -0.25) is 4.79 Å². The topological polar surface area (TPSA) is 93.1 Å². The first kappa shape index (κ1) is 21.0. The first-order valence-corrected chi connectivity index (χ1v) is 10.7. The largest absolute Gasteiger partial charge is 0.396 e. The molecule has 1 atom stereocenters. The van der Waals surface area contributed by atoms with Gasteiger partial charge in [-0.25, -0.2) is 8.99 Å². The van der Waals surface area contributed by atoms with Gasteiger partial charge < -0.3 is 4.57 Å². The van der Waals surface area contributed by atoms with Gasteiger partial charge in [-0.1, -0.05) is 26.0 Å². The molecule has 0 aliphatic carbocycles. The van der Waals surface area contributed by atoms with E-state index in [4.69, 9.17) is 4.78 Å². The van der Waals surface area contributed by atoms with E-state index in [9.17, 15) is 22.2 Å². The van der Waals surface area contributed by atoms with Crippen molar-refractivity contribution in [3.8, 4) is 0 Å². The highest BCUT2D eigenvalue weighted by molar-refractivity contribution is 7.91. The molecular formula is C18H20F3N5O2S. The Hall–Kier alpha value is -2.69. The van der Waals surface area contributed by atoms with Crippen LogP contribution in [0.5, 0.6) is 0 Å². The molecule has 156 valence electrons. The zero-order valence-electron chi connectivity index (χ0n) is 16.0. The van der Waals surface area contributed by atoms with Gasteiger partial charge in [0.2, 0.25) is 5.78 Å². The van der Waals surface area contributed by atoms with Crippen LogP contribution < -0.4 is 5.56 Å². The molecule has 1 N–H and O–H groups in total. The number of rotatable bonds is 5. The Bertz CT molecular complexity index is 1210. The van der Waals surface area contributed by atoms with Crippen LogP contribution in [0.2, 0.25) is 0 Å². The molecular weight excluding hydrogens is 407 g/mol. The van der Waals surface area contributed by atoms with Crippen LogP contribution in [-0.4, -0.2) is 35.8 Å². The lowest BCUT2D eigenvalue weighted by atomic mass is 10.1. The Morgan fingerprint density at radius 2 is 1.83 bits per heavy atom. The monoisotopic (exact) mass is 427 g/mol. The highest BCUT2D eigenvalue weighted by atomic mass is 32.2. The van der Waals surface area contributed by atoms with Crippen molar-refractivity contribution in [3.05, 3.63) is 57.8 Å². The quantitative estimate of drug-likeness (QED) is 0.677. The van der Waals surface area contributed by atoms with Crippen LogP contribution in [-0.2, 0) is 22.7 Å². The van der Waals surface area contributed by atoms with Gasteiger partial charge >= 0.3 is 6.18 Å². The van der Waals surface area contributed by atoms with Crippen molar-refractivity contribution in [1.82, 2.24) is 19.2 Å². The molecule has 0 saturated carbocycles. The van der Waals surface area contributed by atoms with E-state index < -0.39 is 33.7 Å². The molecule has 7 nitrogen and oxygen atoms in total. The average Bonchev–Trinajstić information content (AvgIpc) is 2.99. The van der Waals surface area contributed by atoms with Crippen molar-refractivity contribution in [2.75, 3.05) is 6.26 Å². The number of nitrogens with zero attached hydrogens (tertiary/aromatic N) is 4. The Balaban J connectivity index is 2.10. The maximum Gasteiger partial charge on any atom is 0.396 e. The molecule has 0 aliphatic rings. The molecule has 0 radical (unpaired) electrons. The summed E-state index contributed by atoms with van der Waals surface area (Å²) in [5.41, 5.74) is 0.654. The molecule has 0 spiro atoms. The van der Waals surface area contributed by atoms with E-state index in [1.54, 1.807) is 48.9 Å². The third-order valence-electron chi connectivity index (χ3n) is 4.33. The molecule has 29 heavy (non-hydrogen) atoms. The fourth-order valence-corrected chi connectivity index (χ4v) is 3.54. The maximum atomic E-state index is 12.7. The van der Waals surface area contributed by atoms with Crippen molar-refractivity contribution in [2.45, 2.75) is 43.8 Å². The molecule has 2 aromatic heterocycles. The van der Waals surface area contributed by atoms with Gasteiger partial charge in [0.25, 0.3) is 5.56 Å². The van der Waals surface area contributed by atoms with Gasteiger partial charge in [0.15, 0.2) is 5.82 Å². The molecule has 11 heteroatoms. The number of nitrogens with one attached hydrogen (secondary N) is 1. The summed E-state index contributed by atoms with van der Waals surface area (Å²) >= 11 is 0. The van der Waals surface area contributed by atoms with Crippen LogP contribution in [0.3, 0.4) is 0 Å². The number of fused-ring (bicyclic) bond motifs is 1. The maximum absolute atomic E-state index is 12.7. The Morgan fingerprint density at radius 3 is 2.34 bits per heavy atom. The van der Waals surface area contributed by atoms with Gasteiger partial charge in [0.1, 0.15) is 6.42 Å². The number of hydrogen-bond donors (Lipinski definition) is 1. The van der Waals surface area contributed by atoms with Gasteiger partial charge in [0, 0.05) is 22.9 Å². The Morgan fingerprint density at radius 1 is 1.21 bits per heavy atom. The number of benzene rings is 1. The van der Waals surface area contributed by atoms with Gasteiger partial charge in [-0.2, -0.15) is 22.7 Å². The lowest BCUT2D eigenvalue weighted by molar-refractivity contribution is -0.128. The smallest absolute Gasteiger partial charge is 0.312 e. The zero-order valence-corrected chi connectivity index (χ0v) is 16.8. The highest BCUT2D eigenvalue weighted by Gasteiger charge is 2.31. The normalized spacial score (nSPS) is 14.4. The van der Waals surface area contributed by atoms with Crippen LogP contribution in [0.1, 0.15) is 36.7 Å². The van der Waals surface area contributed by atoms with Crippen molar-refractivity contribution in [1.29, 1.82) is 4.78 Å². The fourth-order valence-electron chi connectivity index (χ4n) is 2.89. The molecule has 0 fully saturated rings. The number of aromatic nitrogens is 4. The summed E-state index contributed by atoms with van der Waals surface area (Å²) in [6.07, 6.45) is -2.91. The second kappa shape index (κ2) is 7.29. The van der Waals surface area contributed by atoms with Crippen LogP contribution in [0.15, 0.2) is 40.2 Å². The SMILES string of the molecule is CC(C)c1cn(Cc2ccc([S@](C)(=N)=O)cc2)c2nc(CC(F)(F)F)nn2c1=O. The van der Waals surface area contributed by atoms with Crippen molar-refractivity contribution < 1.29 is 17.4 Å². The minimum absolute atomic E-state index is 0.0162. The summed E-state index contributed by atoms with van der Waals surface area (Å²) in [5, 5.41) is 3.78. The van der Waals surface area contributed by atoms with Gasteiger partial charge in [-0.05, 0) is 23.6 Å². The molecule has 3 rings (SSSR count). The van der Waals surface area contributed by atoms with Gasteiger partial charge in [0.05, 0.1) is 16.3 Å². The van der Waals surface area contributed by atoms with E-state index in [0.29, 0.717) is 10.5 Å². The highest BCUT2D eigenvalue weighted by Crippen LogP contribution is 2.20. The summed E-state index contributed by atoms with van der Waals surface area (Å²) in [6, 6.07) is 6.52. The molecule has 2 heterocycles. The summed E-state index contributed by atoms with van der Waals surface area (Å²) in [7, 11) is -2.85. The van der Waals surface area contributed by atoms with E-state index in [1.807, 2.05) is 0 Å². The summed E-state index contributed by atoms with van der Waals surface area (Å²) in [5.74, 6) is -0.620. The van der Waals surface area contributed by atoms with Crippen LogP contribution >= 0.6 is 0 Å². The van der Waals surface area contributed by atoms with Crippen molar-refractivity contribution in [2.24, 2.45) is 0 Å². The minimum Gasteiger partial charge on any atom is -0.312 e. The van der Waals surface area contributed by atoms with Crippen molar-refractivity contribution in [3.63, 3.8) is 0 Å². The first-order valence-electron chi connectivity index (χ1n) is 8.73. The third kappa shape index (κ3) is 4.66. The van der Waals surface area contributed by atoms with E-state index in [2.05, 4.69) is 10.1 Å². The van der Waals surface area contributed by atoms with E-state index >= 15 is 0 Å². The predicted molar refractivity (Wildman–Crippen MR) is 102 cm³/mol. The van der Waals surface area contributed by atoms with E-state index in [-0.39, 0.29) is 18.2 Å². The molecule has 1 aromatic carbocycles. The molecule has 0 aliphatic heterocycles. The zero-order chi connectivity index (χ0) is 21.6. The minimum atomic E-state index is -4.49. The fraction of sp³-hybridized carbons (Fsp3) is 0.389. The predicted octanol–water partition coefficient (Wildman–Crippen LogP) is 3.20. The van der Waals surface area contributed by atoms with E-state index in [0.717, 1.165) is 10.1 Å². The standard InChI is InChI=1S/C18H20F3N5O2S/c1-11(2)14-10-25(9-12-4-6-13(7-5-12)29(3,22)28)17-23-15(8-18(19,20)21)24-26(17)16(14)27/h4-7,10-11,22H,8-9H2,1-3H3/t29-/m1/s1. The van der Waals surface area contributed by atoms with Crippen LogP contribution in [0, 0.1) is 4.78 Å². The second-order valence-electron chi connectivity index (χ2n) is 7.19. The summed E-state index contributed by atoms with van der Waals surface area (Å²) in [4.78, 5) is 16.9. The number of halogens is 3. The third-order valence-corrected chi connectivity index (χ3v) is 5.50. The number of alkyl halides is 3. The first-order chi connectivity index (χ1) is 13.3. The van der Waals surface area contributed by atoms with Gasteiger partial charge in [-0.15, -0.1) is 5.10 Å². The summed E-state index contributed by atoms with van der Waals surface area (Å²) in [6.45, 7) is 3.83. The molecule has 3 aromatic rings. The number of hydrogen-bond acceptors (Lipinski definition) is 5. The molecule has 0 bridgehead atoms. The molecule has 0 amide bonds. The Labute approximate surface area is 165 Å².